The molecule has 134 valence electrons. The van der Waals surface area contributed by atoms with Gasteiger partial charge in [-0.05, 0) is 27.7 Å². The number of benzene rings is 1. The summed E-state index contributed by atoms with van der Waals surface area (Å²) in [6.45, 7) is 9.56. The third kappa shape index (κ3) is 3.70. The van der Waals surface area contributed by atoms with Crippen LogP contribution in [0.5, 0.6) is 0 Å². The minimum absolute atomic E-state index is 0.125. The van der Waals surface area contributed by atoms with Gasteiger partial charge in [0, 0.05) is 23.4 Å². The molecule has 25 heavy (non-hydrogen) atoms. The van der Waals surface area contributed by atoms with Gasteiger partial charge in [-0.2, -0.15) is 0 Å². The van der Waals surface area contributed by atoms with E-state index >= 15 is 0 Å². The van der Waals surface area contributed by atoms with Gasteiger partial charge in [-0.25, -0.2) is 4.79 Å². The van der Waals surface area contributed by atoms with Crippen molar-refractivity contribution in [1.29, 1.82) is 0 Å². The average molecular weight is 363 g/mol. The highest BCUT2D eigenvalue weighted by Crippen LogP contribution is 2.30. The van der Waals surface area contributed by atoms with Crippen molar-refractivity contribution in [3.63, 3.8) is 0 Å². The number of rotatable bonds is 2. The van der Waals surface area contributed by atoms with Gasteiger partial charge in [-0.1, -0.05) is 35.9 Å². The third-order valence-corrected chi connectivity index (χ3v) is 4.59. The van der Waals surface area contributed by atoms with E-state index in [-0.39, 0.29) is 12.0 Å². The standard InChI is InChI=1S/C18H23ClN4O2/c1-12-11-22(25-17(24)18(2,3)4)9-10-23(12)16-14-8-6-5-7-13(14)15(19)20-21-16/h5-8,12H,9-11H2,1-4H3/t12-/m0/s1. The van der Waals surface area contributed by atoms with E-state index in [1.807, 2.05) is 45.0 Å². The van der Waals surface area contributed by atoms with Crippen molar-refractivity contribution in [2.24, 2.45) is 5.41 Å². The molecule has 1 aliphatic rings. The summed E-state index contributed by atoms with van der Waals surface area (Å²) >= 11 is 6.17. The fourth-order valence-corrected chi connectivity index (χ4v) is 3.05. The molecule has 0 bridgehead atoms. The summed E-state index contributed by atoms with van der Waals surface area (Å²) < 4.78 is 0. The van der Waals surface area contributed by atoms with Crippen LogP contribution in [0, 0.1) is 5.41 Å². The molecule has 0 amide bonds. The molecule has 0 N–H and O–H groups in total. The lowest BCUT2D eigenvalue weighted by Crippen LogP contribution is -2.53. The summed E-state index contributed by atoms with van der Waals surface area (Å²) in [7, 11) is 0. The van der Waals surface area contributed by atoms with E-state index in [1.165, 1.54) is 0 Å². The van der Waals surface area contributed by atoms with E-state index in [2.05, 4.69) is 22.0 Å². The predicted octanol–water partition coefficient (Wildman–Crippen LogP) is 3.30. The molecule has 6 nitrogen and oxygen atoms in total. The summed E-state index contributed by atoms with van der Waals surface area (Å²) in [5, 5.41) is 12.4. The van der Waals surface area contributed by atoms with E-state index in [1.54, 1.807) is 5.06 Å². The molecular weight excluding hydrogens is 340 g/mol. The molecule has 1 aromatic heterocycles. The van der Waals surface area contributed by atoms with Crippen molar-refractivity contribution in [3.8, 4) is 0 Å². The highest BCUT2D eigenvalue weighted by Gasteiger charge is 2.31. The Morgan fingerprint density at radius 2 is 1.88 bits per heavy atom. The summed E-state index contributed by atoms with van der Waals surface area (Å²) in [5.41, 5.74) is -0.516. The molecule has 0 unspecified atom stereocenters. The zero-order valence-electron chi connectivity index (χ0n) is 15.0. The van der Waals surface area contributed by atoms with E-state index in [0.717, 1.165) is 16.6 Å². The first kappa shape index (κ1) is 17.9. The van der Waals surface area contributed by atoms with Crippen LogP contribution in [-0.2, 0) is 9.63 Å². The van der Waals surface area contributed by atoms with Crippen LogP contribution in [-0.4, -0.2) is 46.9 Å². The van der Waals surface area contributed by atoms with E-state index in [9.17, 15) is 4.79 Å². The SMILES string of the molecule is C[C@H]1CN(OC(=O)C(C)(C)C)CCN1c1nnc(Cl)c2ccccc12. The van der Waals surface area contributed by atoms with Crippen molar-refractivity contribution >= 4 is 34.2 Å². The smallest absolute Gasteiger partial charge is 0.330 e. The van der Waals surface area contributed by atoms with E-state index in [4.69, 9.17) is 16.4 Å². The molecular formula is C18H23ClN4O2. The topological polar surface area (TPSA) is 58.6 Å². The quantitative estimate of drug-likeness (QED) is 0.817. The second-order valence-corrected chi connectivity index (χ2v) is 7.78. The van der Waals surface area contributed by atoms with Crippen molar-refractivity contribution < 1.29 is 9.63 Å². The molecule has 0 radical (unpaired) electrons. The van der Waals surface area contributed by atoms with Crippen LogP contribution >= 0.6 is 11.6 Å². The summed E-state index contributed by atoms with van der Waals surface area (Å²) in [6, 6.07) is 7.98. The molecule has 0 spiro atoms. The third-order valence-electron chi connectivity index (χ3n) is 4.31. The zero-order valence-corrected chi connectivity index (χ0v) is 15.7. The monoisotopic (exact) mass is 362 g/mol. The fourth-order valence-electron chi connectivity index (χ4n) is 2.85. The van der Waals surface area contributed by atoms with Gasteiger partial charge in [0.25, 0.3) is 0 Å². The number of halogens is 1. The van der Waals surface area contributed by atoms with Crippen LogP contribution in [0.4, 0.5) is 5.82 Å². The predicted molar refractivity (Wildman–Crippen MR) is 98.5 cm³/mol. The molecule has 0 saturated carbocycles. The van der Waals surface area contributed by atoms with E-state index in [0.29, 0.717) is 24.8 Å². The summed E-state index contributed by atoms with van der Waals surface area (Å²) in [4.78, 5) is 19.8. The minimum atomic E-state index is -0.516. The maximum Gasteiger partial charge on any atom is 0.330 e. The highest BCUT2D eigenvalue weighted by molar-refractivity contribution is 6.34. The van der Waals surface area contributed by atoms with E-state index < -0.39 is 5.41 Å². The number of hydroxylamine groups is 2. The Morgan fingerprint density at radius 1 is 1.20 bits per heavy atom. The van der Waals surface area contributed by atoms with Crippen LogP contribution in [0.25, 0.3) is 10.8 Å². The van der Waals surface area contributed by atoms with Gasteiger partial charge in [0.15, 0.2) is 11.0 Å². The molecule has 1 fully saturated rings. The van der Waals surface area contributed by atoms with Crippen LogP contribution in [0.15, 0.2) is 24.3 Å². The maximum absolute atomic E-state index is 12.1. The second kappa shape index (κ2) is 6.77. The number of nitrogens with zero attached hydrogens (tertiary/aromatic N) is 4. The van der Waals surface area contributed by atoms with Gasteiger partial charge in [0.05, 0.1) is 18.5 Å². The van der Waals surface area contributed by atoms with Crippen molar-refractivity contribution in [1.82, 2.24) is 15.3 Å². The normalized spacial score (nSPS) is 19.2. The maximum atomic E-state index is 12.1. The number of anilines is 1. The van der Waals surface area contributed by atoms with Gasteiger partial charge < -0.3 is 9.74 Å². The Hall–Kier alpha value is -1.92. The number of hydrogen-bond donors (Lipinski definition) is 0. The lowest BCUT2D eigenvalue weighted by molar-refractivity contribution is -0.203. The Kier molecular flexibility index (Phi) is 4.84. The van der Waals surface area contributed by atoms with Crippen molar-refractivity contribution in [2.45, 2.75) is 33.7 Å². The average Bonchev–Trinajstić information content (AvgIpc) is 2.55. The number of carbonyl (C=O) groups is 1. The molecule has 1 aliphatic heterocycles. The van der Waals surface area contributed by atoms with Gasteiger partial charge in [-0.3, -0.25) is 0 Å². The van der Waals surface area contributed by atoms with Crippen molar-refractivity contribution in [3.05, 3.63) is 29.4 Å². The first-order valence-corrected chi connectivity index (χ1v) is 8.80. The molecule has 2 heterocycles. The van der Waals surface area contributed by atoms with Crippen LogP contribution < -0.4 is 4.90 Å². The molecule has 1 aromatic carbocycles. The van der Waals surface area contributed by atoms with Crippen LogP contribution in [0.2, 0.25) is 5.15 Å². The summed E-state index contributed by atoms with van der Waals surface area (Å²) in [5.74, 6) is 0.596. The lowest BCUT2D eigenvalue weighted by atomic mass is 9.98. The number of hydrogen-bond acceptors (Lipinski definition) is 6. The lowest BCUT2D eigenvalue weighted by Gasteiger charge is -2.40. The Bertz CT molecular complexity index is 790. The largest absolute Gasteiger partial charge is 0.367 e. The molecule has 7 heteroatoms. The second-order valence-electron chi connectivity index (χ2n) is 7.42. The van der Waals surface area contributed by atoms with Gasteiger partial charge in [-0.15, -0.1) is 15.3 Å². The van der Waals surface area contributed by atoms with Gasteiger partial charge >= 0.3 is 5.97 Å². The molecule has 1 atom stereocenters. The van der Waals surface area contributed by atoms with Crippen LogP contribution in [0.1, 0.15) is 27.7 Å². The zero-order chi connectivity index (χ0) is 18.2. The number of carbonyl (C=O) groups excluding carboxylic acids is 1. The first-order valence-electron chi connectivity index (χ1n) is 8.42. The minimum Gasteiger partial charge on any atom is -0.367 e. The molecule has 2 aromatic rings. The van der Waals surface area contributed by atoms with Crippen molar-refractivity contribution in [2.75, 3.05) is 24.5 Å². The number of aromatic nitrogens is 2. The Morgan fingerprint density at radius 3 is 2.52 bits per heavy atom. The number of piperazine rings is 1. The first-order chi connectivity index (χ1) is 11.8. The molecule has 0 aliphatic carbocycles. The van der Waals surface area contributed by atoms with Gasteiger partial charge in [0.2, 0.25) is 0 Å². The Balaban J connectivity index is 1.79. The molecule has 3 rings (SSSR count). The Labute approximate surface area is 152 Å². The summed E-state index contributed by atoms with van der Waals surface area (Å²) in [6.07, 6.45) is 0. The fraction of sp³-hybridized carbons (Fsp3) is 0.500. The van der Waals surface area contributed by atoms with Crippen LogP contribution in [0.3, 0.4) is 0 Å². The number of fused-ring (bicyclic) bond motifs is 1. The highest BCUT2D eigenvalue weighted by atomic mass is 35.5. The molecule has 1 saturated heterocycles. The van der Waals surface area contributed by atoms with Gasteiger partial charge in [0.1, 0.15) is 0 Å².